The Hall–Kier alpha value is -3.16. The third-order valence-corrected chi connectivity index (χ3v) is 7.00. The maximum atomic E-state index is 14.1. The maximum Gasteiger partial charge on any atom is 0.275 e. The van der Waals surface area contributed by atoms with Crippen LogP contribution in [0.3, 0.4) is 0 Å². The fourth-order valence-electron chi connectivity index (χ4n) is 5.51. The second-order valence-corrected chi connectivity index (χ2v) is 9.08. The van der Waals surface area contributed by atoms with Crippen LogP contribution in [0.25, 0.3) is 0 Å². The van der Waals surface area contributed by atoms with Crippen LogP contribution in [0, 0.1) is 18.7 Å². The van der Waals surface area contributed by atoms with Crippen LogP contribution in [-0.2, 0) is 13.1 Å². The molecule has 1 aromatic heterocycles. The van der Waals surface area contributed by atoms with Crippen molar-refractivity contribution in [3.05, 3.63) is 62.8 Å². The van der Waals surface area contributed by atoms with Gasteiger partial charge in [-0.25, -0.2) is 4.39 Å². The van der Waals surface area contributed by atoms with E-state index >= 15 is 0 Å². The highest BCUT2D eigenvalue weighted by atomic mass is 19.1. The Morgan fingerprint density at radius 1 is 1.35 bits per heavy atom. The van der Waals surface area contributed by atoms with Crippen molar-refractivity contribution in [1.82, 2.24) is 14.8 Å². The first kappa shape index (κ1) is 19.8. The predicted molar refractivity (Wildman–Crippen MR) is 110 cm³/mol. The predicted octanol–water partition coefficient (Wildman–Crippen LogP) is 2.33. The number of hydrogen-bond donors (Lipinski definition) is 2. The molecule has 2 aromatic rings. The zero-order chi connectivity index (χ0) is 21.9. The molecule has 3 heterocycles. The average molecular weight is 425 g/mol. The van der Waals surface area contributed by atoms with Crippen molar-refractivity contribution in [1.29, 1.82) is 0 Å². The van der Waals surface area contributed by atoms with Gasteiger partial charge in [0.25, 0.3) is 11.8 Å². The first-order chi connectivity index (χ1) is 14.8. The maximum absolute atomic E-state index is 14.1. The van der Waals surface area contributed by atoms with Crippen molar-refractivity contribution in [3.8, 4) is 5.75 Å². The van der Waals surface area contributed by atoms with Crippen molar-refractivity contribution >= 4 is 11.8 Å². The van der Waals surface area contributed by atoms with Gasteiger partial charge >= 0.3 is 0 Å². The minimum absolute atomic E-state index is 0.0516. The van der Waals surface area contributed by atoms with Crippen LogP contribution < -0.4 is 10.7 Å². The number of rotatable bonds is 3. The van der Waals surface area contributed by atoms with E-state index in [-0.39, 0.29) is 29.2 Å². The molecule has 5 rings (SSSR count). The van der Waals surface area contributed by atoms with Crippen LogP contribution in [0.5, 0.6) is 5.75 Å². The lowest BCUT2D eigenvalue weighted by Gasteiger charge is -2.44. The number of pyridine rings is 1. The molecule has 1 spiro atoms. The van der Waals surface area contributed by atoms with Crippen molar-refractivity contribution < 1.29 is 19.1 Å². The van der Waals surface area contributed by atoms with E-state index in [4.69, 9.17) is 0 Å². The quantitative estimate of drug-likeness (QED) is 0.790. The molecule has 1 saturated heterocycles. The molecule has 2 aliphatic heterocycles. The van der Waals surface area contributed by atoms with Crippen molar-refractivity contribution in [2.24, 2.45) is 5.92 Å². The molecule has 2 N–H and O–H groups in total. The number of fused-ring (bicyclic) bond motifs is 2. The Kier molecular flexibility index (Phi) is 4.42. The van der Waals surface area contributed by atoms with Gasteiger partial charge in [0.15, 0.2) is 11.4 Å². The summed E-state index contributed by atoms with van der Waals surface area (Å²) in [6, 6.07) is 4.69. The molecular weight excluding hydrogens is 401 g/mol. The van der Waals surface area contributed by atoms with E-state index in [1.165, 1.54) is 12.3 Å². The number of carbonyl (C=O) groups excluding carboxylic acids is 2. The number of aromatic hydroxyl groups is 1. The highest BCUT2D eigenvalue weighted by molar-refractivity contribution is 5.99. The van der Waals surface area contributed by atoms with Crippen molar-refractivity contribution in [3.63, 3.8) is 0 Å². The molecule has 2 bridgehead atoms. The lowest BCUT2D eigenvalue weighted by molar-refractivity contribution is 0.0419. The minimum Gasteiger partial charge on any atom is -0.503 e. The van der Waals surface area contributed by atoms with E-state index in [1.807, 2.05) is 4.90 Å². The topological polar surface area (TPSA) is 91.6 Å². The normalized spacial score (nSPS) is 24.0. The summed E-state index contributed by atoms with van der Waals surface area (Å²) in [6.07, 6.45) is 5.25. The smallest absolute Gasteiger partial charge is 0.275 e. The summed E-state index contributed by atoms with van der Waals surface area (Å²) in [5.74, 6) is -1.76. The zero-order valence-corrected chi connectivity index (χ0v) is 17.3. The molecule has 2 fully saturated rings. The van der Waals surface area contributed by atoms with Crippen LogP contribution in [0.4, 0.5) is 4.39 Å². The number of aryl methyl sites for hydroxylation is 1. The lowest BCUT2D eigenvalue weighted by Crippen LogP contribution is -2.55. The second-order valence-electron chi connectivity index (χ2n) is 9.08. The molecule has 1 aromatic carbocycles. The Morgan fingerprint density at radius 3 is 2.94 bits per heavy atom. The fraction of sp³-hybridized carbons (Fsp3) is 0.435. The van der Waals surface area contributed by atoms with Crippen LogP contribution in [-0.4, -0.2) is 38.5 Å². The van der Waals surface area contributed by atoms with Gasteiger partial charge in [0.2, 0.25) is 5.43 Å². The average Bonchev–Trinajstić information content (AvgIpc) is 2.99. The molecule has 7 nitrogen and oxygen atoms in total. The molecule has 2 amide bonds. The molecule has 1 saturated carbocycles. The minimum atomic E-state index is -0.889. The summed E-state index contributed by atoms with van der Waals surface area (Å²) in [4.78, 5) is 40.4. The number of hydrogen-bond acceptors (Lipinski definition) is 4. The van der Waals surface area contributed by atoms with Gasteiger partial charge in [0.1, 0.15) is 11.4 Å². The number of carbonyl (C=O) groups is 2. The fourth-order valence-corrected chi connectivity index (χ4v) is 5.51. The van der Waals surface area contributed by atoms with E-state index in [0.29, 0.717) is 24.6 Å². The monoisotopic (exact) mass is 425 g/mol. The Labute approximate surface area is 178 Å². The second kappa shape index (κ2) is 6.93. The van der Waals surface area contributed by atoms with E-state index in [0.717, 1.165) is 31.2 Å². The summed E-state index contributed by atoms with van der Waals surface area (Å²) in [5.41, 5.74) is -0.445. The lowest BCUT2D eigenvalue weighted by atomic mass is 9.79. The van der Waals surface area contributed by atoms with Gasteiger partial charge in [-0.1, -0.05) is 18.6 Å². The molecule has 2 atom stereocenters. The third-order valence-electron chi connectivity index (χ3n) is 7.00. The molecule has 3 aliphatic rings. The number of nitrogens with one attached hydrogen (secondary N) is 1. The molecular formula is C23H24FN3O4. The molecule has 1 aliphatic carbocycles. The third kappa shape index (κ3) is 3.04. The van der Waals surface area contributed by atoms with Crippen LogP contribution in [0.2, 0.25) is 0 Å². The molecule has 31 heavy (non-hydrogen) atoms. The molecule has 162 valence electrons. The Bertz CT molecular complexity index is 1170. The zero-order valence-electron chi connectivity index (χ0n) is 17.3. The van der Waals surface area contributed by atoms with E-state index in [2.05, 4.69) is 5.32 Å². The van der Waals surface area contributed by atoms with Gasteiger partial charge in [0, 0.05) is 31.4 Å². The van der Waals surface area contributed by atoms with Gasteiger partial charge in [-0.05, 0) is 43.7 Å². The number of benzene rings is 1. The summed E-state index contributed by atoms with van der Waals surface area (Å²) < 4.78 is 15.6. The number of halogens is 1. The SMILES string of the molecule is Cc1ccc(CNC(=O)c2cn3c(c(O)c2=O)C(=O)N2C[C@@H]4CCC[C@]2(C4)C3)c(F)c1. The van der Waals surface area contributed by atoms with Gasteiger partial charge in [0.05, 0.1) is 5.54 Å². The molecule has 0 radical (unpaired) electrons. The van der Waals surface area contributed by atoms with Crippen molar-refractivity contribution in [2.45, 2.75) is 51.2 Å². The Balaban J connectivity index is 1.46. The van der Waals surface area contributed by atoms with Gasteiger partial charge in [-0.3, -0.25) is 14.4 Å². The van der Waals surface area contributed by atoms with Crippen LogP contribution in [0.1, 0.15) is 57.7 Å². The number of aromatic nitrogens is 1. The summed E-state index contributed by atoms with van der Waals surface area (Å²) in [5, 5.41) is 13.1. The molecule has 8 heteroatoms. The summed E-state index contributed by atoms with van der Waals surface area (Å²) in [7, 11) is 0. The number of amides is 2. The largest absolute Gasteiger partial charge is 0.503 e. The molecule has 0 unspecified atom stereocenters. The first-order valence-corrected chi connectivity index (χ1v) is 10.6. The van der Waals surface area contributed by atoms with Gasteiger partial charge in [-0.2, -0.15) is 0 Å². The highest BCUT2D eigenvalue weighted by Crippen LogP contribution is 2.48. The standard InChI is InChI=1S/C23H24FN3O4/c1-13-4-5-15(17(24)7-13)9-25-21(30)16-11-26-12-23-6-2-3-14(8-23)10-27(23)22(31)18(26)20(29)19(16)28/h4-5,7,11,14,29H,2-3,6,8-10,12H2,1H3,(H,25,30)/t14-,23+/m1/s1. The van der Waals surface area contributed by atoms with Crippen LogP contribution >= 0.6 is 0 Å². The highest BCUT2D eigenvalue weighted by Gasteiger charge is 2.53. The van der Waals surface area contributed by atoms with Gasteiger partial charge < -0.3 is 19.9 Å². The van der Waals surface area contributed by atoms with Crippen molar-refractivity contribution in [2.75, 3.05) is 6.54 Å². The first-order valence-electron chi connectivity index (χ1n) is 10.6. The summed E-state index contributed by atoms with van der Waals surface area (Å²) in [6.45, 7) is 2.77. The van der Waals surface area contributed by atoms with Gasteiger partial charge in [-0.15, -0.1) is 0 Å². The van der Waals surface area contributed by atoms with E-state index in [9.17, 15) is 23.9 Å². The summed E-state index contributed by atoms with van der Waals surface area (Å²) >= 11 is 0. The van der Waals surface area contributed by atoms with E-state index < -0.39 is 22.9 Å². The Morgan fingerprint density at radius 2 is 2.16 bits per heavy atom. The van der Waals surface area contributed by atoms with Crippen LogP contribution in [0.15, 0.2) is 29.2 Å². The van der Waals surface area contributed by atoms with E-state index in [1.54, 1.807) is 23.6 Å². The number of nitrogens with zero attached hydrogens (tertiary/aromatic N) is 2.